The summed E-state index contributed by atoms with van der Waals surface area (Å²) in [6.45, 7) is 7.09. The summed E-state index contributed by atoms with van der Waals surface area (Å²) in [5, 5.41) is 19.5. The molecule has 1 rings (SSSR count). The zero-order valence-electron chi connectivity index (χ0n) is 11.4. The zero-order valence-corrected chi connectivity index (χ0v) is 11.4. The Morgan fingerprint density at radius 3 is 2.67 bits per heavy atom. The largest absolute Gasteiger partial charge is 0.392 e. The van der Waals surface area contributed by atoms with Crippen molar-refractivity contribution < 1.29 is 15.0 Å². The molecule has 1 unspecified atom stereocenters. The summed E-state index contributed by atoms with van der Waals surface area (Å²) < 4.78 is 0. The second-order valence-electron chi connectivity index (χ2n) is 5.38. The van der Waals surface area contributed by atoms with Crippen LogP contribution in [0.3, 0.4) is 0 Å². The van der Waals surface area contributed by atoms with Crippen molar-refractivity contribution in [1.82, 2.24) is 0 Å². The number of hydrogen-bond acceptors (Lipinski definition) is 3. The lowest BCUT2D eigenvalue weighted by Crippen LogP contribution is -2.48. The van der Waals surface area contributed by atoms with Gasteiger partial charge in [0.15, 0.2) is 11.4 Å². The molecule has 0 spiro atoms. The van der Waals surface area contributed by atoms with E-state index in [2.05, 4.69) is 11.8 Å². The molecule has 0 amide bonds. The number of allylic oxidation sites excluding steroid dienone is 2. The van der Waals surface area contributed by atoms with Crippen molar-refractivity contribution in [2.75, 3.05) is 6.61 Å². The molecule has 0 radical (unpaired) electrons. The molecule has 0 aliphatic heterocycles. The van der Waals surface area contributed by atoms with Gasteiger partial charge < -0.3 is 10.2 Å². The van der Waals surface area contributed by atoms with Gasteiger partial charge in [-0.2, -0.15) is 0 Å². The smallest absolute Gasteiger partial charge is 0.156 e. The molecule has 0 aromatic carbocycles. The second-order valence-corrected chi connectivity index (χ2v) is 5.38. The minimum atomic E-state index is -1.30. The van der Waals surface area contributed by atoms with E-state index in [4.69, 9.17) is 5.11 Å². The van der Waals surface area contributed by atoms with Gasteiger partial charge in [-0.1, -0.05) is 25.7 Å². The normalized spacial score (nSPS) is 27.3. The molecule has 1 aliphatic carbocycles. The molecule has 0 aromatic rings. The fourth-order valence-corrected chi connectivity index (χ4v) is 2.14. The van der Waals surface area contributed by atoms with Crippen LogP contribution in [0.2, 0.25) is 0 Å². The van der Waals surface area contributed by atoms with Crippen LogP contribution >= 0.6 is 0 Å². The monoisotopic (exact) mass is 248 g/mol. The minimum Gasteiger partial charge on any atom is -0.392 e. The predicted octanol–water partition coefficient (Wildman–Crippen LogP) is 1.60. The highest BCUT2D eigenvalue weighted by atomic mass is 16.3. The Labute approximate surface area is 108 Å². The Hall–Kier alpha value is -1.37. The van der Waals surface area contributed by atoms with E-state index in [-0.39, 0.29) is 18.8 Å². The third-order valence-corrected chi connectivity index (χ3v) is 3.38. The summed E-state index contributed by atoms with van der Waals surface area (Å²) in [6.07, 6.45) is 3.32. The van der Waals surface area contributed by atoms with Crippen LogP contribution in [0.5, 0.6) is 0 Å². The molecule has 0 fully saturated rings. The zero-order chi connectivity index (χ0) is 14.0. The van der Waals surface area contributed by atoms with Crippen LogP contribution in [0, 0.1) is 17.3 Å². The maximum Gasteiger partial charge on any atom is 0.156 e. The standard InChI is InChI=1S/C15H20O3/c1-11(6-8-16)5-7-15(18)12(2)9-13(17)10-14(15,3)4/h6,9,16,18H,8,10H2,1-4H3. The van der Waals surface area contributed by atoms with Crippen LogP contribution in [-0.4, -0.2) is 28.2 Å². The fourth-order valence-electron chi connectivity index (χ4n) is 2.14. The van der Waals surface area contributed by atoms with Crippen LogP contribution in [-0.2, 0) is 4.79 Å². The van der Waals surface area contributed by atoms with Gasteiger partial charge in [0.2, 0.25) is 0 Å². The average molecular weight is 248 g/mol. The number of carbonyl (C=O) groups is 1. The van der Waals surface area contributed by atoms with E-state index >= 15 is 0 Å². The molecular weight excluding hydrogens is 228 g/mol. The molecule has 0 bridgehead atoms. The summed E-state index contributed by atoms with van der Waals surface area (Å²) in [4.78, 5) is 11.5. The number of aliphatic hydroxyl groups excluding tert-OH is 1. The highest BCUT2D eigenvalue weighted by molar-refractivity contribution is 5.93. The Kier molecular flexibility index (Phi) is 4.16. The third kappa shape index (κ3) is 2.72. The topological polar surface area (TPSA) is 57.5 Å². The Morgan fingerprint density at radius 1 is 1.56 bits per heavy atom. The Balaban J connectivity index is 3.21. The van der Waals surface area contributed by atoms with E-state index in [1.807, 2.05) is 13.8 Å². The fraction of sp³-hybridized carbons (Fsp3) is 0.533. The molecule has 98 valence electrons. The number of ketones is 1. The van der Waals surface area contributed by atoms with Crippen molar-refractivity contribution in [2.45, 2.75) is 39.7 Å². The summed E-state index contributed by atoms with van der Waals surface area (Å²) in [7, 11) is 0. The van der Waals surface area contributed by atoms with Gasteiger partial charge in [-0.05, 0) is 37.1 Å². The molecular formula is C15H20O3. The van der Waals surface area contributed by atoms with Gasteiger partial charge in [0.1, 0.15) is 0 Å². The van der Waals surface area contributed by atoms with Gasteiger partial charge in [-0.3, -0.25) is 4.79 Å². The third-order valence-electron chi connectivity index (χ3n) is 3.38. The van der Waals surface area contributed by atoms with E-state index in [1.165, 1.54) is 6.08 Å². The highest BCUT2D eigenvalue weighted by Gasteiger charge is 2.47. The molecule has 0 saturated heterocycles. The molecule has 18 heavy (non-hydrogen) atoms. The van der Waals surface area contributed by atoms with E-state index in [0.29, 0.717) is 11.1 Å². The first kappa shape index (κ1) is 14.7. The molecule has 1 atom stereocenters. The summed E-state index contributed by atoms with van der Waals surface area (Å²) in [5.41, 5.74) is -0.639. The van der Waals surface area contributed by atoms with E-state index in [9.17, 15) is 9.90 Å². The highest BCUT2D eigenvalue weighted by Crippen LogP contribution is 2.42. The van der Waals surface area contributed by atoms with Crippen LogP contribution in [0.15, 0.2) is 23.3 Å². The van der Waals surface area contributed by atoms with Crippen LogP contribution in [0.1, 0.15) is 34.1 Å². The number of aliphatic hydroxyl groups is 2. The first-order valence-corrected chi connectivity index (χ1v) is 5.98. The lowest BCUT2D eigenvalue weighted by molar-refractivity contribution is -0.121. The molecule has 3 heteroatoms. The maximum atomic E-state index is 11.5. The van der Waals surface area contributed by atoms with Crippen LogP contribution in [0.25, 0.3) is 0 Å². The lowest BCUT2D eigenvalue weighted by atomic mass is 9.65. The summed E-state index contributed by atoms with van der Waals surface area (Å²) in [5.74, 6) is 5.71. The molecule has 2 N–H and O–H groups in total. The minimum absolute atomic E-state index is 0.0200. The Morgan fingerprint density at radius 2 is 2.17 bits per heavy atom. The van der Waals surface area contributed by atoms with Crippen LogP contribution in [0.4, 0.5) is 0 Å². The molecule has 0 aromatic heterocycles. The average Bonchev–Trinajstić information content (AvgIpc) is 2.23. The summed E-state index contributed by atoms with van der Waals surface area (Å²) >= 11 is 0. The van der Waals surface area contributed by atoms with E-state index < -0.39 is 11.0 Å². The SMILES string of the molecule is CC(C#CC1(O)C(C)=CC(=O)CC1(C)C)=CCO. The van der Waals surface area contributed by atoms with Gasteiger partial charge in [-0.25, -0.2) is 0 Å². The molecule has 0 heterocycles. The predicted molar refractivity (Wildman–Crippen MR) is 70.7 cm³/mol. The Bertz CT molecular complexity index is 472. The first-order valence-electron chi connectivity index (χ1n) is 5.98. The lowest BCUT2D eigenvalue weighted by Gasteiger charge is -2.42. The van der Waals surface area contributed by atoms with Gasteiger partial charge in [-0.15, -0.1) is 0 Å². The number of carbonyl (C=O) groups excluding carboxylic acids is 1. The molecule has 1 aliphatic rings. The van der Waals surface area contributed by atoms with Crippen molar-refractivity contribution >= 4 is 5.78 Å². The van der Waals surface area contributed by atoms with Gasteiger partial charge >= 0.3 is 0 Å². The summed E-state index contributed by atoms with van der Waals surface area (Å²) in [6, 6.07) is 0. The second kappa shape index (κ2) is 5.09. The van der Waals surface area contributed by atoms with Gasteiger partial charge in [0.05, 0.1) is 6.61 Å². The van der Waals surface area contributed by atoms with E-state index in [0.717, 1.165) is 0 Å². The van der Waals surface area contributed by atoms with Crippen molar-refractivity contribution in [1.29, 1.82) is 0 Å². The number of hydrogen-bond donors (Lipinski definition) is 2. The van der Waals surface area contributed by atoms with Crippen molar-refractivity contribution in [3.05, 3.63) is 23.3 Å². The first-order chi connectivity index (χ1) is 8.23. The van der Waals surface area contributed by atoms with Crippen LogP contribution < -0.4 is 0 Å². The molecule has 3 nitrogen and oxygen atoms in total. The van der Waals surface area contributed by atoms with Gasteiger partial charge in [0, 0.05) is 11.8 Å². The van der Waals surface area contributed by atoms with Gasteiger partial charge in [0.25, 0.3) is 0 Å². The van der Waals surface area contributed by atoms with Crippen molar-refractivity contribution in [3.63, 3.8) is 0 Å². The van der Waals surface area contributed by atoms with Crippen molar-refractivity contribution in [2.24, 2.45) is 5.41 Å². The number of rotatable bonds is 1. The maximum absolute atomic E-state index is 11.5. The molecule has 0 saturated carbocycles. The van der Waals surface area contributed by atoms with Crippen molar-refractivity contribution in [3.8, 4) is 11.8 Å². The quantitative estimate of drug-likeness (QED) is 0.693. The van der Waals surface area contributed by atoms with E-state index in [1.54, 1.807) is 19.9 Å².